The van der Waals surface area contributed by atoms with E-state index in [2.05, 4.69) is 44.1 Å². The zero-order valence-corrected chi connectivity index (χ0v) is 11.6. The molecule has 0 bridgehead atoms. The highest BCUT2D eigenvalue weighted by molar-refractivity contribution is 7.99. The molecular weight excluding hydrogens is 216 g/mol. The van der Waals surface area contributed by atoms with Gasteiger partial charge >= 0.3 is 0 Å². The van der Waals surface area contributed by atoms with E-state index < -0.39 is 0 Å². The lowest BCUT2D eigenvalue weighted by atomic mass is 10.1. The fraction of sp³-hybridized carbons (Fsp3) is 0.615. The number of nitrogens with one attached hydrogen (secondary N) is 1. The molecule has 2 unspecified atom stereocenters. The molecule has 0 radical (unpaired) electrons. The molecule has 0 aliphatic heterocycles. The van der Waals surface area contributed by atoms with Crippen molar-refractivity contribution >= 4 is 11.8 Å². The predicted molar refractivity (Wildman–Crippen MR) is 71.9 cm³/mol. The lowest BCUT2D eigenvalue weighted by Gasteiger charge is -2.19. The van der Waals surface area contributed by atoms with Gasteiger partial charge in [0.2, 0.25) is 0 Å². The first-order valence-electron chi connectivity index (χ1n) is 5.85. The maximum atomic E-state index is 4.49. The molecule has 0 saturated carbocycles. The van der Waals surface area contributed by atoms with E-state index >= 15 is 0 Å². The van der Waals surface area contributed by atoms with Gasteiger partial charge in [0, 0.05) is 23.1 Å². The van der Waals surface area contributed by atoms with Crippen molar-refractivity contribution in [2.45, 2.75) is 44.0 Å². The van der Waals surface area contributed by atoms with E-state index in [9.17, 15) is 0 Å². The third-order valence-electron chi connectivity index (χ3n) is 2.94. The van der Waals surface area contributed by atoms with Crippen LogP contribution in [-0.2, 0) is 0 Å². The van der Waals surface area contributed by atoms with Gasteiger partial charge in [0.05, 0.1) is 0 Å². The van der Waals surface area contributed by atoms with Gasteiger partial charge in [-0.3, -0.25) is 0 Å². The lowest BCUT2D eigenvalue weighted by molar-refractivity contribution is 0.626. The molecule has 2 nitrogen and oxygen atoms in total. The minimum atomic E-state index is 0.357. The van der Waals surface area contributed by atoms with Crippen LogP contribution in [0, 0.1) is 5.92 Å². The Bertz CT molecular complexity index is 325. The van der Waals surface area contributed by atoms with Gasteiger partial charge in [0.15, 0.2) is 0 Å². The maximum Gasteiger partial charge on any atom is 0.101 e. The fourth-order valence-electron chi connectivity index (χ4n) is 1.30. The van der Waals surface area contributed by atoms with Crippen LogP contribution in [0.15, 0.2) is 23.4 Å². The first-order chi connectivity index (χ1) is 7.56. The van der Waals surface area contributed by atoms with E-state index in [-0.39, 0.29) is 0 Å². The van der Waals surface area contributed by atoms with Crippen molar-refractivity contribution < 1.29 is 0 Å². The average molecular weight is 238 g/mol. The van der Waals surface area contributed by atoms with Crippen LogP contribution in [0.1, 0.15) is 39.3 Å². The van der Waals surface area contributed by atoms with Gasteiger partial charge in [0.25, 0.3) is 0 Å². The molecule has 0 aliphatic carbocycles. The Labute approximate surface area is 103 Å². The molecule has 0 saturated heterocycles. The Morgan fingerprint density at radius 2 is 1.94 bits per heavy atom. The van der Waals surface area contributed by atoms with Crippen molar-refractivity contribution in [1.82, 2.24) is 10.3 Å². The zero-order chi connectivity index (χ0) is 12.1. The van der Waals surface area contributed by atoms with Crippen LogP contribution in [0.25, 0.3) is 0 Å². The summed E-state index contributed by atoms with van der Waals surface area (Å²) in [7, 11) is 1.98. The zero-order valence-electron chi connectivity index (χ0n) is 10.8. The average Bonchev–Trinajstić information content (AvgIpc) is 2.28. The van der Waals surface area contributed by atoms with Gasteiger partial charge in [-0.1, -0.05) is 26.8 Å². The molecule has 2 atom stereocenters. The summed E-state index contributed by atoms with van der Waals surface area (Å²) in [5, 5.41) is 5.02. The molecule has 0 fully saturated rings. The van der Waals surface area contributed by atoms with E-state index in [4.69, 9.17) is 0 Å². The molecular formula is C13H22N2S. The highest BCUT2D eigenvalue weighted by Crippen LogP contribution is 2.31. The SMILES string of the molecule is CNC(C)c1cccnc1SC(C)C(C)C. The number of hydrogen-bond donors (Lipinski definition) is 1. The Kier molecular flexibility index (Phi) is 5.29. The first kappa shape index (κ1) is 13.5. The minimum Gasteiger partial charge on any atom is -0.313 e. The van der Waals surface area contributed by atoms with E-state index in [1.807, 2.05) is 31.1 Å². The van der Waals surface area contributed by atoms with Gasteiger partial charge in [-0.15, -0.1) is 11.8 Å². The monoisotopic (exact) mass is 238 g/mol. The Morgan fingerprint density at radius 3 is 2.50 bits per heavy atom. The van der Waals surface area contributed by atoms with E-state index in [0.717, 1.165) is 5.03 Å². The molecule has 1 aromatic heterocycles. The second kappa shape index (κ2) is 6.26. The second-order valence-electron chi connectivity index (χ2n) is 4.48. The largest absolute Gasteiger partial charge is 0.313 e. The minimum absolute atomic E-state index is 0.357. The van der Waals surface area contributed by atoms with Crippen LogP contribution < -0.4 is 5.32 Å². The summed E-state index contributed by atoms with van der Waals surface area (Å²) in [5.41, 5.74) is 1.29. The summed E-state index contributed by atoms with van der Waals surface area (Å²) in [6, 6.07) is 4.52. The third kappa shape index (κ3) is 3.49. The lowest BCUT2D eigenvalue weighted by Crippen LogP contribution is -2.15. The molecule has 1 heterocycles. The number of aromatic nitrogens is 1. The van der Waals surface area contributed by atoms with Crippen LogP contribution >= 0.6 is 11.8 Å². The smallest absolute Gasteiger partial charge is 0.101 e. The third-order valence-corrected chi connectivity index (χ3v) is 4.42. The van der Waals surface area contributed by atoms with Gasteiger partial charge in [-0.05, 0) is 26.0 Å². The number of thioether (sulfide) groups is 1. The Hall–Kier alpha value is -0.540. The van der Waals surface area contributed by atoms with E-state index in [0.29, 0.717) is 17.2 Å². The highest BCUT2D eigenvalue weighted by Gasteiger charge is 2.15. The Morgan fingerprint density at radius 1 is 1.25 bits per heavy atom. The van der Waals surface area contributed by atoms with Gasteiger partial charge in [0.1, 0.15) is 5.03 Å². The molecule has 0 spiro atoms. The van der Waals surface area contributed by atoms with Crippen LogP contribution in [0.5, 0.6) is 0 Å². The summed E-state index contributed by atoms with van der Waals surface area (Å²) in [6.45, 7) is 8.93. The molecule has 90 valence electrons. The van der Waals surface area contributed by atoms with Gasteiger partial charge in [-0.2, -0.15) is 0 Å². The molecule has 1 rings (SSSR count). The summed E-state index contributed by atoms with van der Waals surface area (Å²) >= 11 is 1.87. The summed E-state index contributed by atoms with van der Waals surface area (Å²) in [4.78, 5) is 4.49. The molecule has 1 aromatic rings. The predicted octanol–water partition coefficient (Wildman–Crippen LogP) is 3.50. The number of hydrogen-bond acceptors (Lipinski definition) is 3. The quantitative estimate of drug-likeness (QED) is 0.795. The first-order valence-corrected chi connectivity index (χ1v) is 6.73. The molecule has 0 aliphatic rings. The Balaban J connectivity index is 2.86. The topological polar surface area (TPSA) is 24.9 Å². The summed E-state index contributed by atoms with van der Waals surface area (Å²) in [5.74, 6) is 0.671. The summed E-state index contributed by atoms with van der Waals surface area (Å²) in [6.07, 6.45) is 1.88. The summed E-state index contributed by atoms with van der Waals surface area (Å²) < 4.78 is 0. The van der Waals surface area contributed by atoms with Crippen LogP contribution in [-0.4, -0.2) is 17.3 Å². The molecule has 16 heavy (non-hydrogen) atoms. The molecule has 0 amide bonds. The number of nitrogens with zero attached hydrogens (tertiary/aromatic N) is 1. The van der Waals surface area contributed by atoms with Crippen molar-refractivity contribution in [3.63, 3.8) is 0 Å². The van der Waals surface area contributed by atoms with Crippen LogP contribution in [0.4, 0.5) is 0 Å². The van der Waals surface area contributed by atoms with Crippen LogP contribution in [0.2, 0.25) is 0 Å². The maximum absolute atomic E-state index is 4.49. The van der Waals surface area contributed by atoms with Crippen molar-refractivity contribution in [2.24, 2.45) is 5.92 Å². The van der Waals surface area contributed by atoms with E-state index in [1.54, 1.807) is 0 Å². The molecule has 0 aromatic carbocycles. The second-order valence-corrected chi connectivity index (χ2v) is 5.84. The van der Waals surface area contributed by atoms with Gasteiger partial charge < -0.3 is 5.32 Å². The number of rotatable bonds is 5. The highest BCUT2D eigenvalue weighted by atomic mass is 32.2. The molecule has 3 heteroatoms. The number of pyridine rings is 1. The van der Waals surface area contributed by atoms with Crippen molar-refractivity contribution in [3.05, 3.63) is 23.9 Å². The fourth-order valence-corrected chi connectivity index (χ4v) is 2.43. The van der Waals surface area contributed by atoms with Crippen molar-refractivity contribution in [2.75, 3.05) is 7.05 Å². The van der Waals surface area contributed by atoms with E-state index in [1.165, 1.54) is 5.56 Å². The standard InChI is InChI=1S/C13H22N2S/c1-9(2)11(4)16-13-12(10(3)14-5)7-6-8-15-13/h6-11,14H,1-5H3. The van der Waals surface area contributed by atoms with Crippen molar-refractivity contribution in [3.8, 4) is 0 Å². The normalized spacial score (nSPS) is 15.1. The van der Waals surface area contributed by atoms with Crippen molar-refractivity contribution in [1.29, 1.82) is 0 Å². The van der Waals surface area contributed by atoms with Gasteiger partial charge in [-0.25, -0.2) is 4.98 Å². The van der Waals surface area contributed by atoms with Crippen LogP contribution in [0.3, 0.4) is 0 Å². The molecule has 1 N–H and O–H groups in total.